The fourth-order valence-electron chi connectivity index (χ4n) is 2.63. The van der Waals surface area contributed by atoms with Gasteiger partial charge in [0, 0.05) is 5.02 Å². The van der Waals surface area contributed by atoms with E-state index in [0.717, 1.165) is 10.9 Å². The summed E-state index contributed by atoms with van der Waals surface area (Å²) in [4.78, 5) is 0. The average Bonchev–Trinajstić information content (AvgIpc) is 2.25. The van der Waals surface area contributed by atoms with Crippen molar-refractivity contribution in [3.05, 3.63) is 53.9 Å². The van der Waals surface area contributed by atoms with Gasteiger partial charge in [0.15, 0.2) is 0 Å². The van der Waals surface area contributed by atoms with Gasteiger partial charge in [-0.2, -0.15) is 0 Å². The molecular weight excluding hydrogens is 228 g/mol. The molecule has 2 rings (SSSR count). The molecule has 2 unspecified atom stereocenters. The van der Waals surface area contributed by atoms with Crippen LogP contribution in [0.15, 0.2) is 36.4 Å². The van der Waals surface area contributed by atoms with Crippen molar-refractivity contribution in [3.63, 3.8) is 0 Å². The van der Waals surface area contributed by atoms with Gasteiger partial charge in [-0.25, -0.2) is 0 Å². The Morgan fingerprint density at radius 2 is 2.18 bits per heavy atom. The lowest BCUT2D eigenvalue weighted by atomic mass is 9.69. The third kappa shape index (κ3) is 2.93. The fourth-order valence-corrected chi connectivity index (χ4v) is 2.82. The van der Waals surface area contributed by atoms with Crippen molar-refractivity contribution in [2.45, 2.75) is 32.1 Å². The quantitative estimate of drug-likeness (QED) is 0.638. The van der Waals surface area contributed by atoms with Crippen molar-refractivity contribution < 1.29 is 0 Å². The number of rotatable bonds is 4. The van der Waals surface area contributed by atoms with Gasteiger partial charge in [-0.1, -0.05) is 42.3 Å². The number of benzene rings is 1. The molecule has 0 heterocycles. The van der Waals surface area contributed by atoms with E-state index < -0.39 is 0 Å². The topological polar surface area (TPSA) is 0 Å². The first-order valence-electron chi connectivity index (χ1n) is 6.43. The molecule has 0 aromatic heterocycles. The third-order valence-electron chi connectivity index (χ3n) is 3.85. The van der Waals surface area contributed by atoms with E-state index >= 15 is 0 Å². The van der Waals surface area contributed by atoms with Gasteiger partial charge in [-0.3, -0.25) is 0 Å². The van der Waals surface area contributed by atoms with E-state index in [2.05, 4.69) is 32.1 Å². The summed E-state index contributed by atoms with van der Waals surface area (Å²) in [5.74, 6) is 1.69. The molecule has 1 aliphatic rings. The summed E-state index contributed by atoms with van der Waals surface area (Å²) in [7, 11) is 0. The lowest BCUT2D eigenvalue weighted by molar-refractivity contribution is 0.227. The highest BCUT2D eigenvalue weighted by molar-refractivity contribution is 6.30. The van der Waals surface area contributed by atoms with Crippen LogP contribution in [-0.2, 0) is 0 Å². The average molecular weight is 248 g/mol. The Kier molecular flexibility index (Phi) is 4.28. The van der Waals surface area contributed by atoms with Crippen LogP contribution in [0.25, 0.3) is 0 Å². The van der Waals surface area contributed by atoms with Crippen LogP contribution < -0.4 is 0 Å². The summed E-state index contributed by atoms with van der Waals surface area (Å²) >= 11 is 6.05. The van der Waals surface area contributed by atoms with Gasteiger partial charge in [-0.15, -0.1) is 0 Å². The predicted octanol–water partition coefficient (Wildman–Crippen LogP) is 5.25. The molecule has 0 nitrogen and oxygen atoms in total. The number of hydrogen-bond donors (Lipinski definition) is 0. The molecule has 1 aliphatic carbocycles. The molecule has 1 aromatic rings. The molecule has 0 N–H and O–H groups in total. The molecular formula is C16H20Cl. The maximum Gasteiger partial charge on any atom is 0.0408 e. The van der Waals surface area contributed by atoms with E-state index in [1.54, 1.807) is 0 Å². The Hall–Kier alpha value is -0.750. The Morgan fingerprint density at radius 1 is 1.41 bits per heavy atom. The summed E-state index contributed by atoms with van der Waals surface area (Å²) in [6, 6.07) is 8.13. The summed E-state index contributed by atoms with van der Waals surface area (Å²) in [6.07, 6.45) is 8.55. The van der Waals surface area contributed by atoms with Gasteiger partial charge in [0.05, 0.1) is 0 Å². The molecule has 0 bridgehead atoms. The minimum Gasteiger partial charge on any atom is -0.0914 e. The normalized spacial score (nSPS) is 20.2. The van der Waals surface area contributed by atoms with E-state index in [9.17, 15) is 0 Å². The second-order valence-electron chi connectivity index (χ2n) is 4.96. The van der Waals surface area contributed by atoms with Crippen molar-refractivity contribution in [1.29, 1.82) is 0 Å². The molecule has 0 aliphatic heterocycles. The standard InChI is InChI=1S/C16H20Cl/c1-3-6-16(13-7-4-8-13)12(2)14-9-5-10-15(17)11-14/h3,5-6,9-13,16H,2,4,7-8H2,1H3. The molecule has 17 heavy (non-hydrogen) atoms. The number of hydrogen-bond acceptors (Lipinski definition) is 0. The van der Waals surface area contributed by atoms with Crippen LogP contribution in [0.2, 0.25) is 5.02 Å². The number of halogens is 1. The zero-order chi connectivity index (χ0) is 12.3. The maximum absolute atomic E-state index is 6.05. The predicted molar refractivity (Wildman–Crippen MR) is 75.2 cm³/mol. The third-order valence-corrected chi connectivity index (χ3v) is 4.09. The van der Waals surface area contributed by atoms with Crippen molar-refractivity contribution in [2.75, 3.05) is 0 Å². The Morgan fingerprint density at radius 3 is 2.71 bits per heavy atom. The largest absolute Gasteiger partial charge is 0.0914 e. The Labute approximate surface area is 110 Å². The molecule has 1 saturated carbocycles. The molecule has 1 aromatic carbocycles. The van der Waals surface area contributed by atoms with Crippen LogP contribution in [0, 0.1) is 18.8 Å². The fraction of sp³-hybridized carbons (Fsp3) is 0.438. The smallest absolute Gasteiger partial charge is 0.0408 e. The maximum atomic E-state index is 6.05. The zero-order valence-corrected chi connectivity index (χ0v) is 11.2. The minimum atomic E-state index is 0.315. The number of allylic oxidation sites excluding steroid dienone is 2. The Balaban J connectivity index is 2.17. The molecule has 0 amide bonds. The first-order valence-corrected chi connectivity index (χ1v) is 6.81. The summed E-state index contributed by atoms with van der Waals surface area (Å²) in [5, 5.41) is 0.809. The lowest BCUT2D eigenvalue weighted by Gasteiger charge is -2.36. The van der Waals surface area contributed by atoms with Gasteiger partial charge in [0.25, 0.3) is 0 Å². The highest BCUT2D eigenvalue weighted by Gasteiger charge is 2.29. The van der Waals surface area contributed by atoms with Crippen molar-refractivity contribution in [1.82, 2.24) is 0 Å². The van der Waals surface area contributed by atoms with E-state index in [-0.39, 0.29) is 0 Å². The van der Waals surface area contributed by atoms with Gasteiger partial charge in [0.2, 0.25) is 0 Å². The minimum absolute atomic E-state index is 0.315. The van der Waals surface area contributed by atoms with Crippen LogP contribution in [0.1, 0.15) is 37.7 Å². The SMILES string of the molecule is [CH2]C(c1cccc(Cl)c1)C(C=CC)C1CCC1. The van der Waals surface area contributed by atoms with Gasteiger partial charge in [-0.05, 0) is 62.1 Å². The molecule has 1 fully saturated rings. The highest BCUT2D eigenvalue weighted by atomic mass is 35.5. The highest BCUT2D eigenvalue weighted by Crippen LogP contribution is 2.41. The summed E-state index contributed by atoms with van der Waals surface area (Å²) < 4.78 is 0. The van der Waals surface area contributed by atoms with Crippen LogP contribution in [-0.4, -0.2) is 0 Å². The molecule has 1 heteroatoms. The molecule has 0 saturated heterocycles. The second kappa shape index (κ2) is 5.73. The van der Waals surface area contributed by atoms with Crippen LogP contribution in [0.4, 0.5) is 0 Å². The first kappa shape index (κ1) is 12.7. The van der Waals surface area contributed by atoms with Crippen LogP contribution >= 0.6 is 11.6 Å². The van der Waals surface area contributed by atoms with Crippen molar-refractivity contribution in [3.8, 4) is 0 Å². The Bertz CT molecular complexity index is 390. The van der Waals surface area contributed by atoms with E-state index in [4.69, 9.17) is 11.6 Å². The van der Waals surface area contributed by atoms with Gasteiger partial charge in [0.1, 0.15) is 0 Å². The monoisotopic (exact) mass is 247 g/mol. The summed E-state index contributed by atoms with van der Waals surface area (Å²) in [5.41, 5.74) is 1.26. The van der Waals surface area contributed by atoms with E-state index in [0.29, 0.717) is 11.8 Å². The van der Waals surface area contributed by atoms with Gasteiger partial charge >= 0.3 is 0 Å². The van der Waals surface area contributed by atoms with Gasteiger partial charge < -0.3 is 0 Å². The molecule has 1 radical (unpaired) electrons. The van der Waals surface area contributed by atoms with Crippen LogP contribution in [0.5, 0.6) is 0 Å². The summed E-state index contributed by atoms with van der Waals surface area (Å²) in [6.45, 7) is 6.45. The second-order valence-corrected chi connectivity index (χ2v) is 5.39. The van der Waals surface area contributed by atoms with E-state index in [1.165, 1.54) is 24.8 Å². The van der Waals surface area contributed by atoms with E-state index in [1.807, 2.05) is 18.2 Å². The van der Waals surface area contributed by atoms with Crippen molar-refractivity contribution >= 4 is 11.6 Å². The molecule has 2 atom stereocenters. The lowest BCUT2D eigenvalue weighted by Crippen LogP contribution is -2.24. The molecule has 0 spiro atoms. The van der Waals surface area contributed by atoms with Crippen LogP contribution in [0.3, 0.4) is 0 Å². The zero-order valence-electron chi connectivity index (χ0n) is 10.4. The van der Waals surface area contributed by atoms with Crippen molar-refractivity contribution in [2.24, 2.45) is 11.8 Å². The molecule has 91 valence electrons. The first-order chi connectivity index (χ1) is 8.22.